The smallest absolute Gasteiger partial charge is 0.0444 e. The molecule has 0 saturated carbocycles. The fourth-order valence-corrected chi connectivity index (χ4v) is 2.37. The minimum absolute atomic E-state index is 0.477. The van der Waals surface area contributed by atoms with E-state index in [1.807, 2.05) is 23.5 Å². The molecule has 0 aromatic carbocycles. The van der Waals surface area contributed by atoms with Crippen LogP contribution in [0.1, 0.15) is 6.92 Å². The first kappa shape index (κ1) is 10.4. The maximum atomic E-state index is 4.23. The van der Waals surface area contributed by atoms with Crippen molar-refractivity contribution < 1.29 is 0 Å². The standard InChI is InChI=1S/C5H12S4/c1-5(7)9-3-2-8-4-6/h5-7H,2-4H2,1H3. The summed E-state index contributed by atoms with van der Waals surface area (Å²) in [7, 11) is 0. The van der Waals surface area contributed by atoms with Crippen molar-refractivity contribution in [2.45, 2.75) is 11.5 Å². The maximum absolute atomic E-state index is 4.23. The Hall–Kier alpha value is 1.40. The lowest BCUT2D eigenvalue weighted by molar-refractivity contribution is 1.41. The van der Waals surface area contributed by atoms with E-state index >= 15 is 0 Å². The van der Waals surface area contributed by atoms with Gasteiger partial charge in [-0.3, -0.25) is 0 Å². The second kappa shape index (κ2) is 7.51. The van der Waals surface area contributed by atoms with E-state index in [0.29, 0.717) is 4.58 Å². The van der Waals surface area contributed by atoms with Gasteiger partial charge in [0.15, 0.2) is 0 Å². The normalized spacial score (nSPS) is 13.7. The minimum Gasteiger partial charge on any atom is -0.168 e. The first-order chi connectivity index (χ1) is 4.27. The molecule has 0 heterocycles. The Kier molecular flexibility index (Phi) is 8.67. The number of hydrogen-bond donors (Lipinski definition) is 2. The molecule has 0 bridgehead atoms. The van der Waals surface area contributed by atoms with Gasteiger partial charge in [0, 0.05) is 21.2 Å². The molecule has 0 aliphatic carbocycles. The summed E-state index contributed by atoms with van der Waals surface area (Å²) < 4.78 is 0.477. The molecule has 0 aliphatic rings. The summed E-state index contributed by atoms with van der Waals surface area (Å²) in [6.45, 7) is 2.10. The molecule has 0 aromatic heterocycles. The van der Waals surface area contributed by atoms with Crippen LogP contribution in [0.15, 0.2) is 0 Å². The van der Waals surface area contributed by atoms with Crippen LogP contribution in [-0.2, 0) is 0 Å². The van der Waals surface area contributed by atoms with E-state index in [-0.39, 0.29) is 0 Å². The Morgan fingerprint density at radius 1 is 1.44 bits per heavy atom. The molecule has 0 N–H and O–H groups in total. The zero-order valence-electron chi connectivity index (χ0n) is 5.41. The molecule has 1 atom stereocenters. The molecule has 0 amide bonds. The van der Waals surface area contributed by atoms with Crippen LogP contribution in [0.25, 0.3) is 0 Å². The maximum Gasteiger partial charge on any atom is 0.0444 e. The predicted octanol–water partition coefficient (Wildman–Crippen LogP) is 2.62. The largest absolute Gasteiger partial charge is 0.168 e. The Morgan fingerprint density at radius 3 is 2.56 bits per heavy atom. The third-order valence-electron chi connectivity index (χ3n) is 0.678. The van der Waals surface area contributed by atoms with E-state index in [1.54, 1.807) is 0 Å². The Morgan fingerprint density at radius 2 is 2.11 bits per heavy atom. The van der Waals surface area contributed by atoms with Crippen LogP contribution in [0.5, 0.6) is 0 Å². The van der Waals surface area contributed by atoms with Gasteiger partial charge in [0.2, 0.25) is 0 Å². The molecular weight excluding hydrogens is 188 g/mol. The van der Waals surface area contributed by atoms with Crippen LogP contribution in [-0.4, -0.2) is 21.2 Å². The molecule has 1 unspecified atom stereocenters. The summed E-state index contributed by atoms with van der Waals surface area (Å²) in [6.07, 6.45) is 0. The van der Waals surface area contributed by atoms with E-state index < -0.39 is 0 Å². The number of thiol groups is 2. The second-order valence-electron chi connectivity index (χ2n) is 1.51. The lowest BCUT2D eigenvalue weighted by atomic mass is 10.9. The molecule has 0 radical (unpaired) electrons. The third kappa shape index (κ3) is 9.40. The molecule has 0 fully saturated rings. The van der Waals surface area contributed by atoms with Crippen LogP contribution in [0.4, 0.5) is 0 Å². The summed E-state index contributed by atoms with van der Waals surface area (Å²) in [5.74, 6) is 2.38. The van der Waals surface area contributed by atoms with Crippen LogP contribution >= 0.6 is 48.8 Å². The van der Waals surface area contributed by atoms with Crippen molar-refractivity contribution in [3.05, 3.63) is 0 Å². The van der Waals surface area contributed by atoms with Crippen molar-refractivity contribution in [2.75, 3.05) is 16.6 Å². The predicted molar refractivity (Wildman–Crippen MR) is 57.2 cm³/mol. The van der Waals surface area contributed by atoms with Crippen LogP contribution in [0.2, 0.25) is 0 Å². The van der Waals surface area contributed by atoms with Gasteiger partial charge in [-0.05, 0) is 6.92 Å². The van der Waals surface area contributed by atoms with Gasteiger partial charge >= 0.3 is 0 Å². The molecule has 0 rings (SSSR count). The first-order valence-electron chi connectivity index (χ1n) is 2.75. The highest BCUT2D eigenvalue weighted by Gasteiger charge is 1.92. The average molecular weight is 200 g/mol. The van der Waals surface area contributed by atoms with E-state index in [2.05, 4.69) is 32.2 Å². The van der Waals surface area contributed by atoms with Crippen molar-refractivity contribution in [1.29, 1.82) is 0 Å². The van der Waals surface area contributed by atoms with Gasteiger partial charge in [-0.2, -0.15) is 37.0 Å². The van der Waals surface area contributed by atoms with Gasteiger partial charge in [0.1, 0.15) is 0 Å². The molecular formula is C5H12S4. The Balaban J connectivity index is 2.75. The summed E-state index contributed by atoms with van der Waals surface area (Å²) in [4.78, 5) is 0. The Labute approximate surface area is 76.8 Å². The summed E-state index contributed by atoms with van der Waals surface area (Å²) in [5, 5.41) is 0.932. The highest BCUT2D eigenvalue weighted by Crippen LogP contribution is 2.15. The van der Waals surface area contributed by atoms with Crippen molar-refractivity contribution >= 4 is 48.8 Å². The summed E-state index contributed by atoms with van der Waals surface area (Å²) >= 11 is 12.1. The van der Waals surface area contributed by atoms with Crippen LogP contribution in [0.3, 0.4) is 0 Å². The lowest BCUT2D eigenvalue weighted by Gasteiger charge is -2.01. The first-order valence-corrected chi connectivity index (χ1v) is 6.11. The van der Waals surface area contributed by atoms with Gasteiger partial charge in [0.25, 0.3) is 0 Å². The monoisotopic (exact) mass is 200 g/mol. The average Bonchev–Trinajstić information content (AvgIpc) is 1.80. The summed E-state index contributed by atoms with van der Waals surface area (Å²) in [5.41, 5.74) is 0. The van der Waals surface area contributed by atoms with Crippen molar-refractivity contribution in [3.8, 4) is 0 Å². The fraction of sp³-hybridized carbons (Fsp3) is 1.00. The highest BCUT2D eigenvalue weighted by atomic mass is 32.2. The molecule has 0 spiro atoms. The SMILES string of the molecule is CC(S)SCCSCS. The van der Waals surface area contributed by atoms with Crippen molar-refractivity contribution in [3.63, 3.8) is 0 Å². The third-order valence-corrected chi connectivity index (χ3v) is 3.53. The van der Waals surface area contributed by atoms with Gasteiger partial charge in [0.05, 0.1) is 0 Å². The number of rotatable bonds is 5. The summed E-state index contributed by atoms with van der Waals surface area (Å²) in [6, 6.07) is 0. The van der Waals surface area contributed by atoms with E-state index in [9.17, 15) is 0 Å². The quantitative estimate of drug-likeness (QED) is 0.398. The molecule has 0 aromatic rings. The number of hydrogen-bond acceptors (Lipinski definition) is 4. The van der Waals surface area contributed by atoms with Gasteiger partial charge < -0.3 is 0 Å². The zero-order chi connectivity index (χ0) is 7.11. The lowest BCUT2D eigenvalue weighted by Crippen LogP contribution is -1.89. The van der Waals surface area contributed by atoms with E-state index in [4.69, 9.17) is 0 Å². The van der Waals surface area contributed by atoms with Gasteiger partial charge in [-0.25, -0.2) is 0 Å². The van der Waals surface area contributed by atoms with Crippen LogP contribution < -0.4 is 0 Å². The molecule has 9 heavy (non-hydrogen) atoms. The van der Waals surface area contributed by atoms with E-state index in [0.717, 1.165) is 5.08 Å². The molecule has 0 aliphatic heterocycles. The van der Waals surface area contributed by atoms with Gasteiger partial charge in [-0.1, -0.05) is 0 Å². The fourth-order valence-electron chi connectivity index (χ4n) is 0.342. The molecule has 56 valence electrons. The molecule has 4 heteroatoms. The topological polar surface area (TPSA) is 0 Å². The molecule has 0 saturated heterocycles. The number of thioether (sulfide) groups is 2. The highest BCUT2D eigenvalue weighted by molar-refractivity contribution is 8.12. The van der Waals surface area contributed by atoms with Crippen LogP contribution in [0, 0.1) is 0 Å². The van der Waals surface area contributed by atoms with Gasteiger partial charge in [-0.15, -0.1) is 11.8 Å². The molecule has 0 nitrogen and oxygen atoms in total. The zero-order valence-corrected chi connectivity index (χ0v) is 8.83. The van der Waals surface area contributed by atoms with Crippen molar-refractivity contribution in [2.24, 2.45) is 0 Å². The minimum atomic E-state index is 0.477. The Bertz CT molecular complexity index is 54.9. The second-order valence-corrected chi connectivity index (χ2v) is 5.93. The van der Waals surface area contributed by atoms with E-state index in [1.165, 1.54) is 11.5 Å². The van der Waals surface area contributed by atoms with Crippen molar-refractivity contribution in [1.82, 2.24) is 0 Å².